The molecule has 2 heterocycles. The minimum absolute atomic E-state index is 0. The largest absolute Gasteiger partial charge is 0.338 e. The molecule has 0 aliphatic carbocycles. The lowest BCUT2D eigenvalue weighted by molar-refractivity contribution is -0.385. The Kier molecular flexibility index (Phi) is 6.12. The summed E-state index contributed by atoms with van der Waals surface area (Å²) in [5, 5.41) is 10.8. The predicted octanol–water partition coefficient (Wildman–Crippen LogP) is 2.59. The highest BCUT2D eigenvalue weighted by Crippen LogP contribution is 2.30. The van der Waals surface area contributed by atoms with E-state index in [2.05, 4.69) is 0 Å². The van der Waals surface area contributed by atoms with Crippen molar-refractivity contribution in [3.05, 3.63) is 25.9 Å². The van der Waals surface area contributed by atoms with Crippen LogP contribution in [0, 0.1) is 23.0 Å². The average molecular weight is 334 g/mol. The Morgan fingerprint density at radius 1 is 1.52 bits per heavy atom. The van der Waals surface area contributed by atoms with Crippen molar-refractivity contribution in [1.29, 1.82) is 0 Å². The Balaban J connectivity index is 0.00000220. The number of rotatable bonds is 3. The summed E-state index contributed by atoms with van der Waals surface area (Å²) in [4.78, 5) is 25.5. The van der Waals surface area contributed by atoms with Crippen molar-refractivity contribution >= 4 is 35.3 Å². The highest BCUT2D eigenvalue weighted by molar-refractivity contribution is 7.14. The summed E-state index contributed by atoms with van der Waals surface area (Å²) >= 11 is 1.19. The van der Waals surface area contributed by atoms with Gasteiger partial charge in [0.15, 0.2) is 0 Å². The van der Waals surface area contributed by atoms with E-state index < -0.39 is 4.92 Å². The summed E-state index contributed by atoms with van der Waals surface area (Å²) in [5.74, 6) is 0.354. The van der Waals surface area contributed by atoms with E-state index in [1.807, 2.05) is 6.92 Å². The van der Waals surface area contributed by atoms with Gasteiger partial charge in [0.2, 0.25) is 0 Å². The van der Waals surface area contributed by atoms with E-state index >= 15 is 0 Å². The number of halogens is 1. The SMILES string of the molecule is Cc1sc(C(=O)N2CCC(C(C)N)CC2)cc1[N+](=O)[O-].Cl. The number of piperidine rings is 1. The molecule has 21 heavy (non-hydrogen) atoms. The maximum Gasteiger partial charge on any atom is 0.283 e. The molecule has 2 N–H and O–H groups in total. The molecule has 1 aliphatic rings. The maximum absolute atomic E-state index is 12.3. The lowest BCUT2D eigenvalue weighted by Gasteiger charge is -2.33. The van der Waals surface area contributed by atoms with Gasteiger partial charge >= 0.3 is 0 Å². The molecule has 6 nitrogen and oxygen atoms in total. The monoisotopic (exact) mass is 333 g/mol. The fourth-order valence-electron chi connectivity index (χ4n) is 2.54. The van der Waals surface area contributed by atoms with Gasteiger partial charge < -0.3 is 10.6 Å². The molecule has 1 aromatic rings. The zero-order chi connectivity index (χ0) is 14.9. The molecule has 0 aromatic carbocycles. The molecule has 118 valence electrons. The van der Waals surface area contributed by atoms with Crippen LogP contribution < -0.4 is 5.73 Å². The predicted molar refractivity (Wildman–Crippen MR) is 85.2 cm³/mol. The molecule has 1 saturated heterocycles. The van der Waals surface area contributed by atoms with Crippen molar-refractivity contribution in [2.24, 2.45) is 11.7 Å². The second-order valence-electron chi connectivity index (χ2n) is 5.30. The molecule has 0 spiro atoms. The Hall–Kier alpha value is -1.18. The van der Waals surface area contributed by atoms with Crippen molar-refractivity contribution in [3.63, 3.8) is 0 Å². The van der Waals surface area contributed by atoms with Crippen LogP contribution in [0.4, 0.5) is 5.69 Å². The minimum atomic E-state index is -0.440. The lowest BCUT2D eigenvalue weighted by Crippen LogP contribution is -2.42. The normalized spacial score (nSPS) is 17.2. The van der Waals surface area contributed by atoms with Crippen molar-refractivity contribution in [1.82, 2.24) is 4.90 Å². The quantitative estimate of drug-likeness (QED) is 0.680. The summed E-state index contributed by atoms with van der Waals surface area (Å²) in [6, 6.07) is 1.54. The molecule has 0 saturated carbocycles. The first-order valence-corrected chi connectivity index (χ1v) is 7.51. The number of nitrogens with zero attached hydrogens (tertiary/aromatic N) is 2. The van der Waals surface area contributed by atoms with Crippen LogP contribution >= 0.6 is 23.7 Å². The van der Waals surface area contributed by atoms with Gasteiger partial charge in [-0.05, 0) is 32.6 Å². The van der Waals surface area contributed by atoms with Crippen LogP contribution in [0.25, 0.3) is 0 Å². The zero-order valence-corrected chi connectivity index (χ0v) is 13.7. The maximum atomic E-state index is 12.3. The third-order valence-corrected chi connectivity index (χ3v) is 4.90. The minimum Gasteiger partial charge on any atom is -0.338 e. The van der Waals surface area contributed by atoms with Crippen LogP contribution in [0.3, 0.4) is 0 Å². The Labute approximate surface area is 133 Å². The van der Waals surface area contributed by atoms with Gasteiger partial charge in [-0.15, -0.1) is 23.7 Å². The molecule has 1 unspecified atom stereocenters. The third kappa shape index (κ3) is 3.93. The van der Waals surface area contributed by atoms with E-state index in [9.17, 15) is 14.9 Å². The van der Waals surface area contributed by atoms with Crippen molar-refractivity contribution < 1.29 is 9.72 Å². The lowest BCUT2D eigenvalue weighted by atomic mass is 9.91. The zero-order valence-electron chi connectivity index (χ0n) is 12.1. The molecule has 1 aliphatic heterocycles. The average Bonchev–Trinajstić information content (AvgIpc) is 2.80. The third-order valence-electron chi connectivity index (χ3n) is 3.87. The van der Waals surface area contributed by atoms with Gasteiger partial charge in [0.05, 0.1) is 14.7 Å². The summed E-state index contributed by atoms with van der Waals surface area (Å²) in [5.41, 5.74) is 5.91. The number of amides is 1. The smallest absolute Gasteiger partial charge is 0.283 e. The number of nitrogens with two attached hydrogens (primary N) is 1. The van der Waals surface area contributed by atoms with Crippen LogP contribution in [-0.2, 0) is 0 Å². The first-order valence-electron chi connectivity index (χ1n) is 6.70. The van der Waals surface area contributed by atoms with Crippen LogP contribution in [0.2, 0.25) is 0 Å². The van der Waals surface area contributed by atoms with Crippen LogP contribution in [0.1, 0.15) is 34.3 Å². The van der Waals surface area contributed by atoms with E-state index in [0.29, 0.717) is 28.8 Å². The first kappa shape index (κ1) is 17.9. The summed E-state index contributed by atoms with van der Waals surface area (Å²) in [6.07, 6.45) is 1.80. The second-order valence-corrected chi connectivity index (χ2v) is 6.55. The molecule has 1 aromatic heterocycles. The van der Waals surface area contributed by atoms with Gasteiger partial charge in [0.1, 0.15) is 0 Å². The topological polar surface area (TPSA) is 89.5 Å². The van der Waals surface area contributed by atoms with Crippen LogP contribution in [0.15, 0.2) is 6.07 Å². The number of hydrogen-bond acceptors (Lipinski definition) is 5. The summed E-state index contributed by atoms with van der Waals surface area (Å²) in [6.45, 7) is 5.02. The van der Waals surface area contributed by atoms with Gasteiger partial charge in [-0.25, -0.2) is 0 Å². The van der Waals surface area contributed by atoms with E-state index in [4.69, 9.17) is 5.73 Å². The van der Waals surface area contributed by atoms with Gasteiger partial charge in [0, 0.05) is 25.2 Å². The Morgan fingerprint density at radius 2 is 2.10 bits per heavy atom. The van der Waals surface area contributed by atoms with Gasteiger partial charge in [-0.2, -0.15) is 0 Å². The second kappa shape index (κ2) is 7.20. The molecule has 2 rings (SSSR count). The van der Waals surface area contributed by atoms with Gasteiger partial charge in [-0.3, -0.25) is 14.9 Å². The van der Waals surface area contributed by atoms with E-state index in [-0.39, 0.29) is 30.0 Å². The Morgan fingerprint density at radius 3 is 2.52 bits per heavy atom. The Bertz CT molecular complexity index is 525. The molecular weight excluding hydrogens is 314 g/mol. The molecule has 1 atom stereocenters. The van der Waals surface area contributed by atoms with E-state index in [1.165, 1.54) is 17.4 Å². The number of hydrogen-bond donors (Lipinski definition) is 1. The fourth-order valence-corrected chi connectivity index (χ4v) is 3.50. The van der Waals surface area contributed by atoms with E-state index in [0.717, 1.165) is 12.8 Å². The van der Waals surface area contributed by atoms with Crippen LogP contribution in [0.5, 0.6) is 0 Å². The number of nitro groups is 1. The standard InChI is InChI=1S/C13H19N3O3S.ClH/c1-8(14)10-3-5-15(6-4-10)13(17)12-7-11(16(18)19)9(2)20-12;/h7-8,10H,3-6,14H2,1-2H3;1H. The highest BCUT2D eigenvalue weighted by Gasteiger charge is 2.28. The first-order chi connectivity index (χ1) is 9.40. The molecule has 0 bridgehead atoms. The molecular formula is C13H20ClN3O3S. The van der Waals surface area contributed by atoms with Gasteiger partial charge in [0.25, 0.3) is 11.6 Å². The number of carbonyl (C=O) groups is 1. The number of aryl methyl sites for hydroxylation is 1. The number of carbonyl (C=O) groups excluding carboxylic acids is 1. The van der Waals surface area contributed by atoms with Crippen LogP contribution in [-0.4, -0.2) is 34.9 Å². The van der Waals surface area contributed by atoms with Gasteiger partial charge in [-0.1, -0.05) is 0 Å². The summed E-state index contributed by atoms with van der Waals surface area (Å²) in [7, 11) is 0. The molecule has 1 fully saturated rings. The molecule has 1 amide bonds. The summed E-state index contributed by atoms with van der Waals surface area (Å²) < 4.78 is 0. The number of thiophene rings is 1. The van der Waals surface area contributed by atoms with Crippen molar-refractivity contribution in [2.45, 2.75) is 32.7 Å². The molecule has 8 heteroatoms. The van der Waals surface area contributed by atoms with Crippen molar-refractivity contribution in [3.8, 4) is 0 Å². The highest BCUT2D eigenvalue weighted by atomic mass is 35.5. The van der Waals surface area contributed by atoms with E-state index in [1.54, 1.807) is 11.8 Å². The van der Waals surface area contributed by atoms with Crippen molar-refractivity contribution in [2.75, 3.05) is 13.1 Å². The fraction of sp³-hybridized carbons (Fsp3) is 0.615. The molecule has 0 radical (unpaired) electrons. The number of likely N-dealkylation sites (tertiary alicyclic amines) is 1.